The molecule has 5 nitrogen and oxygen atoms in total. The Morgan fingerprint density at radius 2 is 2.09 bits per heavy atom. The third-order valence-electron chi connectivity index (χ3n) is 3.86. The molecule has 0 atom stereocenters. The van der Waals surface area contributed by atoms with E-state index in [9.17, 15) is 23.1 Å². The lowest BCUT2D eigenvalue weighted by Gasteiger charge is -2.38. The van der Waals surface area contributed by atoms with Crippen LogP contribution in [0.1, 0.15) is 23.3 Å². The Bertz CT molecular complexity index is 688. The number of thiazole rings is 1. The number of alkyl halides is 3. The van der Waals surface area contributed by atoms with Crippen molar-refractivity contribution in [3.8, 4) is 10.8 Å². The Morgan fingerprint density at radius 3 is 2.65 bits per heavy atom. The van der Waals surface area contributed by atoms with Gasteiger partial charge in [0.25, 0.3) is 5.91 Å². The number of aliphatic hydroxyl groups is 1. The van der Waals surface area contributed by atoms with Crippen LogP contribution in [-0.4, -0.2) is 45.8 Å². The van der Waals surface area contributed by atoms with Gasteiger partial charge in [0, 0.05) is 31.3 Å². The molecule has 23 heavy (non-hydrogen) atoms. The largest absolute Gasteiger partial charge is 0.462 e. The van der Waals surface area contributed by atoms with Gasteiger partial charge >= 0.3 is 6.18 Å². The van der Waals surface area contributed by atoms with E-state index >= 15 is 0 Å². The Balaban J connectivity index is 1.69. The molecule has 0 radical (unpaired) electrons. The molecule has 1 amide bonds. The van der Waals surface area contributed by atoms with Crippen molar-refractivity contribution in [3.05, 3.63) is 29.5 Å². The highest BCUT2D eigenvalue weighted by Gasteiger charge is 2.55. The predicted molar refractivity (Wildman–Crippen MR) is 76.0 cm³/mol. The molecular weight excluding hydrogens is 333 g/mol. The maximum atomic E-state index is 12.8. The zero-order valence-electron chi connectivity index (χ0n) is 11.8. The Hall–Kier alpha value is -1.87. The van der Waals surface area contributed by atoms with Gasteiger partial charge in [0.15, 0.2) is 16.4 Å². The summed E-state index contributed by atoms with van der Waals surface area (Å²) < 4.78 is 43.5. The maximum Gasteiger partial charge on any atom is 0.417 e. The number of nitrogens with zero attached hydrogens (tertiary/aromatic N) is 2. The third kappa shape index (κ3) is 2.98. The second-order valence-electron chi connectivity index (χ2n) is 5.34. The number of hydrogen-bond donors (Lipinski definition) is 1. The minimum Gasteiger partial charge on any atom is -0.462 e. The van der Waals surface area contributed by atoms with Crippen LogP contribution in [-0.2, 0) is 0 Å². The lowest BCUT2D eigenvalue weighted by atomic mass is 9.90. The number of amides is 1. The standard InChI is InChI=1S/C14H13F3N2O3S/c15-14(16,17)13(21)3-5-19(6-4-13)12(20)9-8-23-11(18-9)10-2-1-7-22-10/h1-2,7-8,21H,3-6H2. The van der Waals surface area contributed by atoms with Crippen LogP contribution in [0.4, 0.5) is 13.2 Å². The molecule has 1 fully saturated rings. The summed E-state index contributed by atoms with van der Waals surface area (Å²) >= 11 is 1.22. The van der Waals surface area contributed by atoms with Crippen LogP contribution in [0.25, 0.3) is 10.8 Å². The van der Waals surface area contributed by atoms with Gasteiger partial charge in [-0.1, -0.05) is 0 Å². The highest BCUT2D eigenvalue weighted by atomic mass is 32.1. The number of likely N-dealkylation sites (tertiary alicyclic amines) is 1. The number of rotatable bonds is 2. The average molecular weight is 346 g/mol. The second kappa shape index (κ2) is 5.64. The fraction of sp³-hybridized carbons (Fsp3) is 0.429. The van der Waals surface area contributed by atoms with Crippen LogP contribution in [0.15, 0.2) is 28.2 Å². The molecule has 3 rings (SSSR count). The molecule has 2 aromatic rings. The zero-order valence-corrected chi connectivity index (χ0v) is 12.7. The van der Waals surface area contributed by atoms with E-state index in [4.69, 9.17) is 4.42 Å². The van der Waals surface area contributed by atoms with E-state index in [1.807, 2.05) is 0 Å². The van der Waals surface area contributed by atoms with Crippen molar-refractivity contribution in [1.82, 2.24) is 9.88 Å². The van der Waals surface area contributed by atoms with E-state index in [2.05, 4.69) is 4.98 Å². The molecule has 0 aliphatic carbocycles. The molecule has 1 N–H and O–H groups in total. The molecule has 0 spiro atoms. The lowest BCUT2D eigenvalue weighted by Crippen LogP contribution is -2.54. The minimum absolute atomic E-state index is 0.164. The van der Waals surface area contributed by atoms with E-state index in [1.54, 1.807) is 17.5 Å². The SMILES string of the molecule is O=C(c1csc(-c2ccco2)n1)N1CCC(O)(C(F)(F)F)CC1. The van der Waals surface area contributed by atoms with E-state index in [0.29, 0.717) is 10.8 Å². The molecule has 2 aromatic heterocycles. The van der Waals surface area contributed by atoms with Gasteiger partial charge < -0.3 is 14.4 Å². The number of halogens is 3. The fourth-order valence-electron chi connectivity index (χ4n) is 2.41. The van der Waals surface area contributed by atoms with E-state index < -0.39 is 30.5 Å². The van der Waals surface area contributed by atoms with Crippen molar-refractivity contribution in [1.29, 1.82) is 0 Å². The summed E-state index contributed by atoms with van der Waals surface area (Å²) in [5, 5.41) is 11.7. The van der Waals surface area contributed by atoms with Gasteiger partial charge in [-0.25, -0.2) is 4.98 Å². The van der Waals surface area contributed by atoms with E-state index in [1.165, 1.54) is 22.5 Å². The van der Waals surface area contributed by atoms with Gasteiger partial charge in [0.05, 0.1) is 6.26 Å². The molecule has 1 saturated heterocycles. The van der Waals surface area contributed by atoms with Gasteiger partial charge in [-0.3, -0.25) is 4.79 Å². The first-order chi connectivity index (χ1) is 10.8. The highest BCUT2D eigenvalue weighted by molar-refractivity contribution is 7.13. The first kappa shape index (κ1) is 16.0. The number of hydrogen-bond acceptors (Lipinski definition) is 5. The van der Waals surface area contributed by atoms with Crippen molar-refractivity contribution < 1.29 is 27.5 Å². The predicted octanol–water partition coefficient (Wildman–Crippen LogP) is 2.93. The van der Waals surface area contributed by atoms with Crippen molar-refractivity contribution in [2.75, 3.05) is 13.1 Å². The first-order valence-electron chi connectivity index (χ1n) is 6.88. The third-order valence-corrected chi connectivity index (χ3v) is 4.72. The first-order valence-corrected chi connectivity index (χ1v) is 7.76. The van der Waals surface area contributed by atoms with Crippen molar-refractivity contribution >= 4 is 17.2 Å². The van der Waals surface area contributed by atoms with Gasteiger partial charge in [-0.15, -0.1) is 11.3 Å². The van der Waals surface area contributed by atoms with Crippen LogP contribution >= 0.6 is 11.3 Å². The quantitative estimate of drug-likeness (QED) is 0.908. The monoisotopic (exact) mass is 346 g/mol. The number of aromatic nitrogens is 1. The molecule has 3 heterocycles. The summed E-state index contributed by atoms with van der Waals surface area (Å²) in [6.07, 6.45) is -4.26. The van der Waals surface area contributed by atoms with Crippen molar-refractivity contribution in [2.24, 2.45) is 0 Å². The highest BCUT2D eigenvalue weighted by Crippen LogP contribution is 2.38. The molecule has 1 aliphatic rings. The maximum absolute atomic E-state index is 12.8. The van der Waals surface area contributed by atoms with Gasteiger partial charge in [-0.2, -0.15) is 13.2 Å². The summed E-state index contributed by atoms with van der Waals surface area (Å²) in [5.74, 6) is 0.0856. The van der Waals surface area contributed by atoms with Crippen molar-refractivity contribution in [2.45, 2.75) is 24.6 Å². The average Bonchev–Trinajstić information content (AvgIpc) is 3.17. The summed E-state index contributed by atoms with van der Waals surface area (Å²) in [5.41, 5.74) is -2.55. The molecule has 0 saturated carbocycles. The molecule has 0 unspecified atom stereocenters. The van der Waals surface area contributed by atoms with Gasteiger partial charge in [-0.05, 0) is 12.1 Å². The topological polar surface area (TPSA) is 66.6 Å². The van der Waals surface area contributed by atoms with Crippen LogP contribution in [0.2, 0.25) is 0 Å². The number of carbonyl (C=O) groups is 1. The van der Waals surface area contributed by atoms with Crippen LogP contribution in [0, 0.1) is 0 Å². The van der Waals surface area contributed by atoms with Gasteiger partial charge in [0.2, 0.25) is 0 Å². The summed E-state index contributed by atoms with van der Waals surface area (Å²) in [7, 11) is 0. The molecule has 9 heteroatoms. The number of furan rings is 1. The smallest absolute Gasteiger partial charge is 0.417 e. The molecule has 124 valence electrons. The molecule has 1 aliphatic heterocycles. The minimum atomic E-state index is -4.69. The Labute approximate surface area is 133 Å². The normalized spacial score (nSPS) is 18.2. The second-order valence-corrected chi connectivity index (χ2v) is 6.19. The zero-order chi connectivity index (χ0) is 16.7. The summed E-state index contributed by atoms with van der Waals surface area (Å²) in [6, 6.07) is 3.40. The molecular formula is C14H13F3N2O3S. The van der Waals surface area contributed by atoms with Gasteiger partial charge in [0.1, 0.15) is 5.69 Å². The summed E-state index contributed by atoms with van der Waals surface area (Å²) in [6.45, 7) is -0.328. The molecule has 0 aromatic carbocycles. The van der Waals surface area contributed by atoms with E-state index in [-0.39, 0.29) is 18.8 Å². The lowest BCUT2D eigenvalue weighted by molar-refractivity contribution is -0.271. The van der Waals surface area contributed by atoms with E-state index in [0.717, 1.165) is 0 Å². The summed E-state index contributed by atoms with van der Waals surface area (Å²) in [4.78, 5) is 17.8. The Kier molecular flexibility index (Phi) is 3.93. The van der Waals surface area contributed by atoms with Crippen LogP contribution < -0.4 is 0 Å². The number of piperidine rings is 1. The van der Waals surface area contributed by atoms with Crippen LogP contribution in [0.5, 0.6) is 0 Å². The fourth-order valence-corrected chi connectivity index (χ4v) is 3.17. The molecule has 0 bridgehead atoms. The van der Waals surface area contributed by atoms with Crippen LogP contribution in [0.3, 0.4) is 0 Å². The Morgan fingerprint density at radius 1 is 1.39 bits per heavy atom. The van der Waals surface area contributed by atoms with Crippen molar-refractivity contribution in [3.63, 3.8) is 0 Å². The number of carbonyl (C=O) groups excluding carboxylic acids is 1.